The molecular weight excluding hydrogens is 272 g/mol. The molecule has 2 aromatic rings. The number of carbonyl (C=O) groups excluding carboxylic acids is 2. The normalized spacial score (nSPS) is 19.4. The molecule has 1 aliphatic rings. The third-order valence-electron chi connectivity index (χ3n) is 3.57. The number of hydrogen-bond acceptors (Lipinski definition) is 3. The van der Waals surface area contributed by atoms with Gasteiger partial charge in [0.15, 0.2) is 0 Å². The predicted molar refractivity (Wildman–Crippen MR) is 79.9 cm³/mol. The van der Waals surface area contributed by atoms with Gasteiger partial charge in [-0.2, -0.15) is 0 Å². The van der Waals surface area contributed by atoms with Gasteiger partial charge in [0.25, 0.3) is 5.91 Å². The van der Waals surface area contributed by atoms with E-state index in [-0.39, 0.29) is 11.8 Å². The van der Waals surface area contributed by atoms with E-state index in [2.05, 4.69) is 10.6 Å². The zero-order valence-corrected chi connectivity index (χ0v) is 11.8. The van der Waals surface area contributed by atoms with Gasteiger partial charge in [-0.1, -0.05) is 18.2 Å². The summed E-state index contributed by atoms with van der Waals surface area (Å²) in [7, 11) is 0. The molecule has 1 aliphatic heterocycles. The molecule has 1 fully saturated rings. The lowest BCUT2D eigenvalue weighted by molar-refractivity contribution is -0.122. The van der Waals surface area contributed by atoms with Crippen LogP contribution >= 0.6 is 11.3 Å². The Kier molecular flexibility index (Phi) is 3.69. The second kappa shape index (κ2) is 5.63. The maximum Gasteiger partial charge on any atom is 0.253 e. The van der Waals surface area contributed by atoms with E-state index >= 15 is 0 Å². The molecule has 1 atom stereocenters. The molecule has 1 aromatic carbocycles. The molecule has 104 valence electrons. The summed E-state index contributed by atoms with van der Waals surface area (Å²) in [5, 5.41) is 8.49. The number of thiophene rings is 1. The van der Waals surface area contributed by atoms with Gasteiger partial charge in [-0.3, -0.25) is 9.59 Å². The molecule has 0 radical (unpaired) electrons. The van der Waals surface area contributed by atoms with Crippen LogP contribution in [0.2, 0.25) is 0 Å². The SMILES string of the molecule is O=C(NC1CCCCNC1=O)c1csc2ccccc12. The van der Waals surface area contributed by atoms with E-state index in [0.717, 1.165) is 22.9 Å². The Labute approximate surface area is 121 Å². The lowest BCUT2D eigenvalue weighted by Crippen LogP contribution is -2.45. The Morgan fingerprint density at radius 2 is 2.15 bits per heavy atom. The van der Waals surface area contributed by atoms with Crippen LogP contribution in [0.1, 0.15) is 29.6 Å². The number of nitrogens with one attached hydrogen (secondary N) is 2. The topological polar surface area (TPSA) is 58.2 Å². The van der Waals surface area contributed by atoms with E-state index in [9.17, 15) is 9.59 Å². The Balaban J connectivity index is 1.80. The fourth-order valence-electron chi connectivity index (χ4n) is 2.47. The minimum absolute atomic E-state index is 0.0737. The van der Waals surface area contributed by atoms with Crippen LogP contribution in [0.5, 0.6) is 0 Å². The van der Waals surface area contributed by atoms with E-state index in [1.807, 2.05) is 29.6 Å². The van der Waals surface area contributed by atoms with Crippen molar-refractivity contribution < 1.29 is 9.59 Å². The Morgan fingerprint density at radius 3 is 3.05 bits per heavy atom. The minimum Gasteiger partial charge on any atom is -0.354 e. The van der Waals surface area contributed by atoms with Crippen LogP contribution in [0, 0.1) is 0 Å². The van der Waals surface area contributed by atoms with Crippen LogP contribution < -0.4 is 10.6 Å². The van der Waals surface area contributed by atoms with Crippen molar-refractivity contribution in [1.82, 2.24) is 10.6 Å². The highest BCUT2D eigenvalue weighted by Crippen LogP contribution is 2.25. The van der Waals surface area contributed by atoms with Crippen LogP contribution in [0.4, 0.5) is 0 Å². The second-order valence-electron chi connectivity index (χ2n) is 4.96. The summed E-state index contributed by atoms with van der Waals surface area (Å²) in [5.74, 6) is -0.236. The van der Waals surface area contributed by atoms with Crippen molar-refractivity contribution in [2.45, 2.75) is 25.3 Å². The van der Waals surface area contributed by atoms with E-state index in [4.69, 9.17) is 0 Å². The molecule has 0 bridgehead atoms. The Morgan fingerprint density at radius 1 is 1.30 bits per heavy atom. The fourth-order valence-corrected chi connectivity index (χ4v) is 3.41. The molecule has 0 aliphatic carbocycles. The monoisotopic (exact) mass is 288 g/mol. The fraction of sp³-hybridized carbons (Fsp3) is 0.333. The maximum atomic E-state index is 12.4. The van der Waals surface area contributed by atoms with E-state index < -0.39 is 6.04 Å². The largest absolute Gasteiger partial charge is 0.354 e. The highest BCUT2D eigenvalue weighted by molar-refractivity contribution is 7.17. The third kappa shape index (κ3) is 2.54. The lowest BCUT2D eigenvalue weighted by Gasteiger charge is -2.14. The van der Waals surface area contributed by atoms with Gasteiger partial charge < -0.3 is 10.6 Å². The molecule has 0 saturated carbocycles. The molecule has 4 nitrogen and oxygen atoms in total. The van der Waals surface area contributed by atoms with Crippen LogP contribution in [0.25, 0.3) is 10.1 Å². The average molecular weight is 288 g/mol. The van der Waals surface area contributed by atoms with Crippen molar-refractivity contribution in [2.24, 2.45) is 0 Å². The van der Waals surface area contributed by atoms with E-state index in [0.29, 0.717) is 18.5 Å². The Hall–Kier alpha value is -1.88. The second-order valence-corrected chi connectivity index (χ2v) is 5.87. The van der Waals surface area contributed by atoms with Gasteiger partial charge in [0, 0.05) is 22.0 Å². The quantitative estimate of drug-likeness (QED) is 0.891. The van der Waals surface area contributed by atoms with Gasteiger partial charge in [-0.15, -0.1) is 11.3 Å². The van der Waals surface area contributed by atoms with Gasteiger partial charge in [0.1, 0.15) is 6.04 Å². The summed E-state index contributed by atoms with van der Waals surface area (Å²) in [6, 6.07) is 7.40. The third-order valence-corrected chi connectivity index (χ3v) is 4.53. The van der Waals surface area contributed by atoms with Crippen molar-refractivity contribution >= 4 is 33.2 Å². The first-order valence-electron chi connectivity index (χ1n) is 6.80. The summed E-state index contributed by atoms with van der Waals surface area (Å²) in [6.07, 6.45) is 2.63. The first-order valence-corrected chi connectivity index (χ1v) is 7.68. The Bertz CT molecular complexity index is 650. The van der Waals surface area contributed by atoms with Gasteiger partial charge in [-0.05, 0) is 25.3 Å². The molecule has 1 aromatic heterocycles. The number of amides is 2. The molecule has 1 saturated heterocycles. The van der Waals surface area contributed by atoms with Gasteiger partial charge >= 0.3 is 0 Å². The zero-order valence-electron chi connectivity index (χ0n) is 11.0. The van der Waals surface area contributed by atoms with Gasteiger partial charge in [-0.25, -0.2) is 0 Å². The molecule has 0 spiro atoms. The number of hydrogen-bond donors (Lipinski definition) is 2. The average Bonchev–Trinajstić information content (AvgIpc) is 2.79. The van der Waals surface area contributed by atoms with Gasteiger partial charge in [0.2, 0.25) is 5.91 Å². The molecule has 2 amide bonds. The van der Waals surface area contributed by atoms with Crippen LogP contribution in [-0.4, -0.2) is 24.4 Å². The first kappa shape index (κ1) is 13.1. The van der Waals surface area contributed by atoms with Gasteiger partial charge in [0.05, 0.1) is 5.56 Å². The molecule has 3 rings (SSSR count). The standard InChI is InChI=1S/C15H16N2O2S/c18-14(17-12-6-3-4-8-16-15(12)19)11-9-20-13-7-2-1-5-10(11)13/h1-2,5,7,9,12H,3-4,6,8H2,(H,16,19)(H,17,18). The number of carbonyl (C=O) groups is 2. The van der Waals surface area contributed by atoms with E-state index in [1.165, 1.54) is 0 Å². The number of benzene rings is 1. The van der Waals surface area contributed by atoms with Crippen LogP contribution in [0.3, 0.4) is 0 Å². The van der Waals surface area contributed by atoms with Crippen molar-refractivity contribution in [3.05, 3.63) is 35.2 Å². The van der Waals surface area contributed by atoms with Crippen molar-refractivity contribution in [3.8, 4) is 0 Å². The highest BCUT2D eigenvalue weighted by Gasteiger charge is 2.23. The predicted octanol–water partition coefficient (Wildman–Crippen LogP) is 2.30. The molecular formula is C15H16N2O2S. The lowest BCUT2D eigenvalue weighted by atomic mass is 10.1. The number of fused-ring (bicyclic) bond motifs is 1. The van der Waals surface area contributed by atoms with E-state index in [1.54, 1.807) is 11.3 Å². The van der Waals surface area contributed by atoms with Crippen LogP contribution in [-0.2, 0) is 4.79 Å². The minimum atomic E-state index is -0.413. The summed E-state index contributed by atoms with van der Waals surface area (Å²) in [6.45, 7) is 0.701. The highest BCUT2D eigenvalue weighted by atomic mass is 32.1. The summed E-state index contributed by atoms with van der Waals surface area (Å²) >= 11 is 1.55. The number of rotatable bonds is 2. The molecule has 1 unspecified atom stereocenters. The summed E-state index contributed by atoms with van der Waals surface area (Å²) in [4.78, 5) is 24.2. The van der Waals surface area contributed by atoms with Crippen molar-refractivity contribution in [1.29, 1.82) is 0 Å². The summed E-state index contributed by atoms with van der Waals surface area (Å²) in [5.41, 5.74) is 0.655. The first-order chi connectivity index (χ1) is 9.75. The maximum absolute atomic E-state index is 12.4. The summed E-state index contributed by atoms with van der Waals surface area (Å²) < 4.78 is 1.09. The zero-order chi connectivity index (χ0) is 13.9. The molecule has 2 heterocycles. The van der Waals surface area contributed by atoms with Crippen molar-refractivity contribution in [3.63, 3.8) is 0 Å². The van der Waals surface area contributed by atoms with Crippen LogP contribution in [0.15, 0.2) is 29.6 Å². The smallest absolute Gasteiger partial charge is 0.253 e. The van der Waals surface area contributed by atoms with Crippen molar-refractivity contribution in [2.75, 3.05) is 6.54 Å². The molecule has 5 heteroatoms. The molecule has 20 heavy (non-hydrogen) atoms. The molecule has 2 N–H and O–H groups in total.